The standard InChI is InChI=1S/C30H53NO2/c1-3-4-5-6-7-8-9-10-11-12-13-14-15-16-17-18-19-20-21-22-23-24-25-26-29(30(31)33)28(2)27-32/h28-29,32H,3-15,20-27H2,1-2H3,(H2,31,33). The topological polar surface area (TPSA) is 63.3 Å². The minimum Gasteiger partial charge on any atom is -0.396 e. The maximum Gasteiger partial charge on any atom is 0.220 e. The van der Waals surface area contributed by atoms with Gasteiger partial charge < -0.3 is 10.8 Å². The first-order valence-corrected chi connectivity index (χ1v) is 14.0. The summed E-state index contributed by atoms with van der Waals surface area (Å²) < 4.78 is 0. The molecule has 3 N–H and O–H groups in total. The molecule has 0 saturated carbocycles. The van der Waals surface area contributed by atoms with Gasteiger partial charge in [-0.3, -0.25) is 4.79 Å². The van der Waals surface area contributed by atoms with E-state index in [1.54, 1.807) is 0 Å². The van der Waals surface area contributed by atoms with Crippen LogP contribution in [0.1, 0.15) is 142 Å². The van der Waals surface area contributed by atoms with Crippen LogP contribution >= 0.6 is 0 Å². The van der Waals surface area contributed by atoms with E-state index in [1.165, 1.54) is 77.0 Å². The van der Waals surface area contributed by atoms with E-state index >= 15 is 0 Å². The lowest BCUT2D eigenvalue weighted by atomic mass is 9.89. The van der Waals surface area contributed by atoms with Gasteiger partial charge in [-0.1, -0.05) is 122 Å². The van der Waals surface area contributed by atoms with Crippen LogP contribution in [0, 0.1) is 35.5 Å². The maximum atomic E-state index is 11.4. The molecule has 0 aromatic rings. The SMILES string of the molecule is CCCCCCCCCCCCCCC#CC#CCCCCCCCC(C(N)=O)C(C)CO. The highest BCUT2D eigenvalue weighted by Crippen LogP contribution is 2.19. The van der Waals surface area contributed by atoms with Gasteiger partial charge in [-0.05, 0) is 37.0 Å². The van der Waals surface area contributed by atoms with Gasteiger partial charge >= 0.3 is 0 Å². The van der Waals surface area contributed by atoms with Crippen molar-refractivity contribution in [3.8, 4) is 23.7 Å². The molecule has 0 radical (unpaired) electrons. The number of aliphatic hydroxyl groups excluding tert-OH is 1. The van der Waals surface area contributed by atoms with Gasteiger partial charge in [0, 0.05) is 25.4 Å². The smallest absolute Gasteiger partial charge is 0.220 e. The van der Waals surface area contributed by atoms with E-state index < -0.39 is 0 Å². The molecule has 0 bridgehead atoms. The summed E-state index contributed by atoms with van der Waals surface area (Å²) in [5, 5.41) is 9.21. The first-order chi connectivity index (χ1) is 16.1. The number of aliphatic hydroxyl groups is 1. The maximum absolute atomic E-state index is 11.4. The predicted molar refractivity (Wildman–Crippen MR) is 143 cm³/mol. The van der Waals surface area contributed by atoms with Gasteiger partial charge in [-0.15, -0.1) is 0 Å². The van der Waals surface area contributed by atoms with E-state index in [9.17, 15) is 9.90 Å². The molecule has 3 nitrogen and oxygen atoms in total. The van der Waals surface area contributed by atoms with Crippen LogP contribution in [0.5, 0.6) is 0 Å². The van der Waals surface area contributed by atoms with Gasteiger partial charge in [0.2, 0.25) is 5.91 Å². The molecule has 2 unspecified atom stereocenters. The summed E-state index contributed by atoms with van der Waals surface area (Å²) >= 11 is 0. The van der Waals surface area contributed by atoms with Gasteiger partial charge in [-0.2, -0.15) is 0 Å². The zero-order chi connectivity index (χ0) is 24.4. The van der Waals surface area contributed by atoms with E-state index in [0.717, 1.165) is 51.4 Å². The van der Waals surface area contributed by atoms with Crippen molar-refractivity contribution in [1.29, 1.82) is 0 Å². The van der Waals surface area contributed by atoms with Crippen LogP contribution in [-0.2, 0) is 4.79 Å². The Kier molecular flexibility index (Phi) is 24.1. The Morgan fingerprint density at radius 3 is 1.48 bits per heavy atom. The first kappa shape index (κ1) is 31.6. The number of carbonyl (C=O) groups is 1. The van der Waals surface area contributed by atoms with Crippen molar-refractivity contribution in [2.24, 2.45) is 17.6 Å². The second-order valence-corrected chi connectivity index (χ2v) is 9.72. The number of hydrogen-bond donors (Lipinski definition) is 2. The molecule has 0 rings (SSSR count). The average molecular weight is 460 g/mol. The van der Waals surface area contributed by atoms with Gasteiger partial charge in [0.05, 0.1) is 0 Å². The van der Waals surface area contributed by atoms with Crippen molar-refractivity contribution in [1.82, 2.24) is 0 Å². The Bertz CT molecular complexity index is 563. The zero-order valence-electron chi connectivity index (χ0n) is 21.9. The second kappa shape index (κ2) is 25.2. The number of rotatable bonds is 22. The molecule has 190 valence electrons. The third-order valence-corrected chi connectivity index (χ3v) is 6.55. The summed E-state index contributed by atoms with van der Waals surface area (Å²) in [5.74, 6) is 11.8. The lowest BCUT2D eigenvalue weighted by Gasteiger charge is -2.18. The number of carbonyl (C=O) groups excluding carboxylic acids is 1. The van der Waals surface area contributed by atoms with Crippen LogP contribution in [0.4, 0.5) is 0 Å². The summed E-state index contributed by atoms with van der Waals surface area (Å²) in [6.07, 6.45) is 24.7. The van der Waals surface area contributed by atoms with E-state index in [-0.39, 0.29) is 24.3 Å². The van der Waals surface area contributed by atoms with Gasteiger partial charge in [0.25, 0.3) is 0 Å². The molecule has 33 heavy (non-hydrogen) atoms. The normalized spacial score (nSPS) is 12.3. The van der Waals surface area contributed by atoms with Crippen molar-refractivity contribution in [2.45, 2.75) is 142 Å². The minimum atomic E-state index is -0.285. The summed E-state index contributed by atoms with van der Waals surface area (Å²) in [6, 6.07) is 0. The molecule has 0 heterocycles. The zero-order valence-corrected chi connectivity index (χ0v) is 21.9. The number of amides is 1. The Morgan fingerprint density at radius 1 is 0.697 bits per heavy atom. The molecule has 0 aliphatic heterocycles. The molecule has 1 amide bonds. The third kappa shape index (κ3) is 22.1. The molecule has 2 atom stereocenters. The van der Waals surface area contributed by atoms with Crippen LogP contribution in [0.3, 0.4) is 0 Å². The molecule has 0 saturated heterocycles. The summed E-state index contributed by atoms with van der Waals surface area (Å²) in [7, 11) is 0. The summed E-state index contributed by atoms with van der Waals surface area (Å²) in [6.45, 7) is 4.18. The van der Waals surface area contributed by atoms with E-state index in [2.05, 4.69) is 30.6 Å². The van der Waals surface area contributed by atoms with Gasteiger partial charge in [0.1, 0.15) is 0 Å². The number of primary amides is 1. The fraction of sp³-hybridized carbons (Fsp3) is 0.833. The third-order valence-electron chi connectivity index (χ3n) is 6.55. The molecule has 0 spiro atoms. The largest absolute Gasteiger partial charge is 0.396 e. The van der Waals surface area contributed by atoms with E-state index in [4.69, 9.17) is 5.73 Å². The van der Waals surface area contributed by atoms with E-state index in [0.29, 0.717) is 0 Å². The molecule has 3 heteroatoms. The second-order valence-electron chi connectivity index (χ2n) is 9.72. The monoisotopic (exact) mass is 459 g/mol. The molecule has 0 aromatic heterocycles. The Labute approximate surface area is 206 Å². The fourth-order valence-corrected chi connectivity index (χ4v) is 4.21. The number of unbranched alkanes of at least 4 members (excludes halogenated alkanes) is 17. The average Bonchev–Trinajstić information content (AvgIpc) is 2.81. The van der Waals surface area contributed by atoms with Gasteiger partial charge in [-0.25, -0.2) is 0 Å². The summed E-state index contributed by atoms with van der Waals surface area (Å²) in [5.41, 5.74) is 5.43. The quantitative estimate of drug-likeness (QED) is 0.130. The van der Waals surface area contributed by atoms with Gasteiger partial charge in [0.15, 0.2) is 0 Å². The number of nitrogens with two attached hydrogens (primary N) is 1. The summed E-state index contributed by atoms with van der Waals surface area (Å²) in [4.78, 5) is 11.4. The van der Waals surface area contributed by atoms with Crippen molar-refractivity contribution >= 4 is 5.91 Å². The number of hydrogen-bond acceptors (Lipinski definition) is 2. The Hall–Kier alpha value is -1.45. The van der Waals surface area contributed by atoms with Crippen molar-refractivity contribution in [2.75, 3.05) is 6.61 Å². The minimum absolute atomic E-state index is 0.0223. The molecule has 0 aromatic carbocycles. The van der Waals surface area contributed by atoms with Crippen LogP contribution in [0.2, 0.25) is 0 Å². The van der Waals surface area contributed by atoms with Crippen molar-refractivity contribution in [3.05, 3.63) is 0 Å². The van der Waals surface area contributed by atoms with Crippen LogP contribution in [-0.4, -0.2) is 17.6 Å². The highest BCUT2D eigenvalue weighted by Gasteiger charge is 2.21. The fourth-order valence-electron chi connectivity index (χ4n) is 4.21. The highest BCUT2D eigenvalue weighted by molar-refractivity contribution is 5.76. The molecular formula is C30H53NO2. The van der Waals surface area contributed by atoms with Crippen molar-refractivity contribution < 1.29 is 9.90 Å². The lowest BCUT2D eigenvalue weighted by molar-refractivity contribution is -0.124. The molecule has 0 aliphatic rings. The van der Waals surface area contributed by atoms with Crippen LogP contribution in [0.25, 0.3) is 0 Å². The predicted octanol–water partition coefficient (Wildman–Crippen LogP) is 7.55. The Morgan fingerprint density at radius 2 is 1.09 bits per heavy atom. The molecule has 0 fully saturated rings. The van der Waals surface area contributed by atoms with Crippen LogP contribution in [0.15, 0.2) is 0 Å². The molecule has 0 aliphatic carbocycles. The lowest BCUT2D eigenvalue weighted by Crippen LogP contribution is -2.30. The van der Waals surface area contributed by atoms with Crippen LogP contribution < -0.4 is 5.73 Å². The van der Waals surface area contributed by atoms with E-state index in [1.807, 2.05) is 6.92 Å². The first-order valence-electron chi connectivity index (χ1n) is 14.0. The Balaban J connectivity index is 3.43. The molecular weight excluding hydrogens is 406 g/mol. The van der Waals surface area contributed by atoms with Crippen molar-refractivity contribution in [3.63, 3.8) is 0 Å². The highest BCUT2D eigenvalue weighted by atomic mass is 16.3.